The summed E-state index contributed by atoms with van der Waals surface area (Å²) in [5.41, 5.74) is 19.6. The highest BCUT2D eigenvalue weighted by Crippen LogP contribution is 2.67. The Kier molecular flexibility index (Phi) is 5.96. The molecule has 1 heterocycles. The molecule has 0 amide bonds. The van der Waals surface area contributed by atoms with E-state index >= 15 is 0 Å². The average Bonchev–Trinajstić information content (AvgIpc) is 3.89. The maximum absolute atomic E-state index is 7.04. The largest absolute Gasteiger partial charge is 0.457 e. The van der Waals surface area contributed by atoms with Crippen LogP contribution in [0.15, 0.2) is 206 Å². The second kappa shape index (κ2) is 11.1. The molecule has 1 unspecified atom stereocenters. The molecule has 2 spiro atoms. The smallest absolute Gasteiger partial charge is 0.132 e. The Morgan fingerprint density at radius 2 is 0.763 bits per heavy atom. The van der Waals surface area contributed by atoms with Crippen molar-refractivity contribution in [3.8, 4) is 56.0 Å². The van der Waals surface area contributed by atoms with Crippen LogP contribution in [0.4, 0.5) is 0 Å². The molecule has 272 valence electrons. The third kappa shape index (κ3) is 3.69. The highest BCUT2D eigenvalue weighted by Gasteiger charge is 2.54. The summed E-state index contributed by atoms with van der Waals surface area (Å²) in [6.45, 7) is 0. The summed E-state index contributed by atoms with van der Waals surface area (Å²) in [5.74, 6) is 1.82. The summed E-state index contributed by atoms with van der Waals surface area (Å²) in [6, 6.07) is 77.2. The van der Waals surface area contributed by atoms with Crippen LogP contribution in [0.5, 0.6) is 11.5 Å². The van der Waals surface area contributed by atoms with Crippen molar-refractivity contribution in [1.82, 2.24) is 0 Å². The minimum Gasteiger partial charge on any atom is -0.457 e. The molecule has 0 aromatic heterocycles. The van der Waals surface area contributed by atoms with Gasteiger partial charge in [-0.3, -0.25) is 0 Å². The van der Waals surface area contributed by atoms with Crippen LogP contribution in [0.25, 0.3) is 66.1 Å². The van der Waals surface area contributed by atoms with Crippen LogP contribution in [-0.4, -0.2) is 0 Å². The first-order valence-corrected chi connectivity index (χ1v) is 20.7. The van der Waals surface area contributed by atoms with Crippen LogP contribution < -0.4 is 4.74 Å². The lowest BCUT2D eigenvalue weighted by molar-refractivity contribution is 0.438. The molecule has 10 aromatic rings. The normalized spacial score (nSPS) is 16.5. The van der Waals surface area contributed by atoms with Gasteiger partial charge in [-0.25, -0.2) is 0 Å². The lowest BCUT2D eigenvalue weighted by Crippen LogP contribution is -2.32. The molecule has 0 fully saturated rings. The SMILES string of the molecule is c1ccc2c(c1)-c1ccccc1C21c2cc(-c3cccc4c3-c3ccccc3C43c4ccccc4-c4ccc5ccccc5c43)ccc2Oc2ccc3ccccc3c21. The Labute approximate surface area is 342 Å². The maximum Gasteiger partial charge on any atom is 0.132 e. The summed E-state index contributed by atoms with van der Waals surface area (Å²) < 4.78 is 7.04. The Hall–Kier alpha value is -7.48. The van der Waals surface area contributed by atoms with Gasteiger partial charge in [0, 0.05) is 11.1 Å². The van der Waals surface area contributed by atoms with Gasteiger partial charge in [-0.1, -0.05) is 188 Å². The van der Waals surface area contributed by atoms with Crippen LogP contribution in [0.1, 0.15) is 44.5 Å². The highest BCUT2D eigenvalue weighted by molar-refractivity contribution is 6.06. The lowest BCUT2D eigenvalue weighted by Gasteiger charge is -2.40. The Balaban J connectivity index is 1.09. The van der Waals surface area contributed by atoms with Gasteiger partial charge < -0.3 is 4.74 Å². The van der Waals surface area contributed by atoms with Gasteiger partial charge in [-0.05, 0) is 118 Å². The van der Waals surface area contributed by atoms with Crippen molar-refractivity contribution in [2.45, 2.75) is 10.8 Å². The van der Waals surface area contributed by atoms with Crippen molar-refractivity contribution in [2.75, 3.05) is 0 Å². The van der Waals surface area contributed by atoms with E-state index in [0.29, 0.717) is 0 Å². The van der Waals surface area contributed by atoms with Crippen LogP contribution in [0.2, 0.25) is 0 Å². The van der Waals surface area contributed by atoms with Crippen molar-refractivity contribution in [3.05, 3.63) is 251 Å². The van der Waals surface area contributed by atoms with Gasteiger partial charge in [0.1, 0.15) is 11.5 Å². The topological polar surface area (TPSA) is 9.23 Å². The molecule has 0 N–H and O–H groups in total. The Morgan fingerprint density at radius 1 is 0.288 bits per heavy atom. The minimum atomic E-state index is -0.591. The zero-order valence-corrected chi connectivity index (χ0v) is 32.0. The van der Waals surface area contributed by atoms with Crippen LogP contribution >= 0.6 is 0 Å². The number of hydrogen-bond donors (Lipinski definition) is 0. The third-order valence-electron chi connectivity index (χ3n) is 14.1. The molecular weight excluding hydrogens is 713 g/mol. The van der Waals surface area contributed by atoms with Crippen molar-refractivity contribution < 1.29 is 4.74 Å². The Morgan fingerprint density at radius 3 is 1.44 bits per heavy atom. The van der Waals surface area contributed by atoms with E-state index in [1.807, 2.05) is 0 Å². The summed E-state index contributed by atoms with van der Waals surface area (Å²) in [4.78, 5) is 0. The van der Waals surface area contributed by atoms with Gasteiger partial charge >= 0.3 is 0 Å². The molecule has 0 bridgehead atoms. The molecule has 59 heavy (non-hydrogen) atoms. The lowest BCUT2D eigenvalue weighted by atomic mass is 9.64. The molecule has 1 atom stereocenters. The standard InChI is InChI=1S/C58H34O/c1-3-16-39-35(14-1)28-31-44-43-20-7-11-25-48(43)57(55(39)44)49-26-12-8-21-45(49)54-38(22-13-27-50(54)57)37-30-32-52-51(34-37)58(56-40-17-4-2-15-36(40)29-33-53(56)59-52)46-23-9-5-18-41(46)42-19-6-10-24-47(42)58/h1-34H. The van der Waals surface area contributed by atoms with Gasteiger partial charge in [-0.2, -0.15) is 0 Å². The molecule has 1 aliphatic heterocycles. The monoisotopic (exact) mass is 746 g/mol. The third-order valence-corrected chi connectivity index (χ3v) is 14.1. The first-order valence-electron chi connectivity index (χ1n) is 20.7. The molecule has 0 saturated carbocycles. The molecule has 0 radical (unpaired) electrons. The van der Waals surface area contributed by atoms with E-state index in [0.717, 1.165) is 11.5 Å². The van der Waals surface area contributed by atoms with E-state index in [1.54, 1.807) is 0 Å². The van der Waals surface area contributed by atoms with Gasteiger partial charge in [-0.15, -0.1) is 0 Å². The van der Waals surface area contributed by atoms with E-state index in [9.17, 15) is 0 Å². The predicted octanol–water partition coefficient (Wildman–Crippen LogP) is 14.5. The van der Waals surface area contributed by atoms with E-state index in [-0.39, 0.29) is 0 Å². The van der Waals surface area contributed by atoms with Crippen molar-refractivity contribution in [3.63, 3.8) is 0 Å². The van der Waals surface area contributed by atoms with Crippen molar-refractivity contribution >= 4 is 21.5 Å². The first-order chi connectivity index (χ1) is 29.3. The van der Waals surface area contributed by atoms with Gasteiger partial charge in [0.05, 0.1) is 10.8 Å². The number of benzene rings is 10. The van der Waals surface area contributed by atoms with E-state index in [2.05, 4.69) is 206 Å². The summed E-state index contributed by atoms with van der Waals surface area (Å²) in [5, 5.41) is 5.01. The van der Waals surface area contributed by atoms with Gasteiger partial charge in [0.15, 0.2) is 0 Å². The fourth-order valence-electron chi connectivity index (χ4n) is 12.1. The van der Waals surface area contributed by atoms with Crippen LogP contribution in [-0.2, 0) is 10.8 Å². The fourth-order valence-corrected chi connectivity index (χ4v) is 12.1. The minimum absolute atomic E-state index is 0.464. The van der Waals surface area contributed by atoms with Gasteiger partial charge in [0.25, 0.3) is 0 Å². The molecule has 4 aliphatic rings. The quantitative estimate of drug-likeness (QED) is 0.163. The number of fused-ring (bicyclic) bond motifs is 23. The fraction of sp³-hybridized carbons (Fsp3) is 0.0345. The van der Waals surface area contributed by atoms with E-state index in [4.69, 9.17) is 4.74 Å². The Bertz CT molecular complexity index is 3450. The maximum atomic E-state index is 7.04. The zero-order chi connectivity index (χ0) is 38.5. The number of rotatable bonds is 1. The van der Waals surface area contributed by atoms with Crippen molar-refractivity contribution in [1.29, 1.82) is 0 Å². The summed E-state index contributed by atoms with van der Waals surface area (Å²) in [6.07, 6.45) is 0. The zero-order valence-electron chi connectivity index (χ0n) is 32.0. The average molecular weight is 747 g/mol. The van der Waals surface area contributed by atoms with Crippen molar-refractivity contribution in [2.24, 2.45) is 0 Å². The highest BCUT2D eigenvalue weighted by atomic mass is 16.5. The predicted molar refractivity (Wildman–Crippen MR) is 241 cm³/mol. The summed E-state index contributed by atoms with van der Waals surface area (Å²) in [7, 11) is 0. The molecule has 10 aromatic carbocycles. The molecule has 3 aliphatic carbocycles. The number of ether oxygens (including phenoxy) is 1. The molecule has 1 heteroatoms. The number of hydrogen-bond acceptors (Lipinski definition) is 1. The van der Waals surface area contributed by atoms with Crippen LogP contribution in [0.3, 0.4) is 0 Å². The van der Waals surface area contributed by atoms with E-state index < -0.39 is 10.8 Å². The van der Waals surface area contributed by atoms with E-state index in [1.165, 1.54) is 111 Å². The van der Waals surface area contributed by atoms with Gasteiger partial charge in [0.2, 0.25) is 0 Å². The molecule has 14 rings (SSSR count). The summed E-state index contributed by atoms with van der Waals surface area (Å²) >= 11 is 0. The van der Waals surface area contributed by atoms with Crippen LogP contribution in [0, 0.1) is 0 Å². The second-order valence-electron chi connectivity index (χ2n) is 16.6. The second-order valence-corrected chi connectivity index (χ2v) is 16.6. The molecular formula is C58H34O. The molecule has 0 saturated heterocycles. The molecule has 1 nitrogen and oxygen atoms in total. The first kappa shape index (κ1) is 31.6.